The van der Waals surface area contributed by atoms with Gasteiger partial charge in [0.15, 0.2) is 0 Å². The van der Waals surface area contributed by atoms with Crippen LogP contribution < -0.4 is 10.6 Å². The predicted molar refractivity (Wildman–Crippen MR) is 201 cm³/mol. The maximum atomic E-state index is 12.6. The van der Waals surface area contributed by atoms with E-state index in [-0.39, 0.29) is 0 Å². The van der Waals surface area contributed by atoms with Crippen LogP contribution in [0.2, 0.25) is 0 Å². The lowest BCUT2D eigenvalue weighted by molar-refractivity contribution is 0.587. The third-order valence-electron chi connectivity index (χ3n) is 8.96. The van der Waals surface area contributed by atoms with Gasteiger partial charge >= 0.3 is 0 Å². The topological polar surface area (TPSA) is 34.1 Å². The Morgan fingerprint density at radius 1 is 0.304 bits per heavy atom. The summed E-state index contributed by atoms with van der Waals surface area (Å²) in [5.74, 6) is 0. The van der Waals surface area contributed by atoms with Crippen molar-refractivity contribution in [2.24, 2.45) is 0 Å². The summed E-state index contributed by atoms with van der Waals surface area (Å²) in [5, 5.41) is 6.61. The van der Waals surface area contributed by atoms with Crippen LogP contribution in [0.1, 0.15) is 0 Å². The molecule has 7 aromatic rings. The van der Waals surface area contributed by atoms with E-state index in [9.17, 15) is 9.13 Å². The molecule has 0 aliphatic heterocycles. The van der Waals surface area contributed by atoms with Gasteiger partial charge in [-0.15, -0.1) is 0 Å². The van der Waals surface area contributed by atoms with Crippen molar-refractivity contribution >= 4 is 46.4 Å². The third kappa shape index (κ3) is 5.69. The van der Waals surface area contributed by atoms with E-state index in [1.54, 1.807) is 0 Å². The molecule has 226 valence electrons. The van der Waals surface area contributed by atoms with Crippen molar-refractivity contribution in [2.45, 2.75) is 0 Å². The van der Waals surface area contributed by atoms with Gasteiger partial charge in [0.25, 0.3) is 0 Å². The van der Waals surface area contributed by atoms with E-state index < -0.39 is 14.3 Å². The molecule has 0 aliphatic carbocycles. The number of benzene rings is 7. The third-order valence-corrected chi connectivity index (χ3v) is 12.0. The Balaban J connectivity index is 1.25. The van der Waals surface area contributed by atoms with Gasteiger partial charge in [0, 0.05) is 10.6 Å². The highest BCUT2D eigenvalue weighted by Crippen LogP contribution is 2.40. The average molecular weight is 635 g/mol. The molecular weight excluding hydrogens is 598 g/mol. The summed E-state index contributed by atoms with van der Waals surface area (Å²) in [4.78, 5) is 0. The fourth-order valence-corrected chi connectivity index (χ4v) is 8.17. The van der Waals surface area contributed by atoms with Crippen LogP contribution in [0.5, 0.6) is 0 Å². The minimum Gasteiger partial charge on any atom is -0.319 e. The highest BCUT2D eigenvalue weighted by atomic mass is 31.2. The molecule has 2 nitrogen and oxygen atoms in total. The molecule has 0 saturated heterocycles. The van der Waals surface area contributed by atoms with Crippen molar-refractivity contribution in [3.63, 3.8) is 0 Å². The van der Waals surface area contributed by atoms with Gasteiger partial charge < -0.3 is 9.13 Å². The second-order valence-corrected chi connectivity index (χ2v) is 19.2. The van der Waals surface area contributed by atoms with Crippen molar-refractivity contribution in [2.75, 3.05) is 26.7 Å². The summed E-state index contributed by atoms with van der Waals surface area (Å²) >= 11 is 0. The minimum absolute atomic E-state index is 0.902. The fraction of sp³-hybridized carbons (Fsp3) is 0.0952. The van der Waals surface area contributed by atoms with E-state index in [1.165, 1.54) is 54.9 Å². The summed E-state index contributed by atoms with van der Waals surface area (Å²) in [5.41, 5.74) is 9.32. The number of rotatable bonds is 6. The second kappa shape index (κ2) is 11.7. The van der Waals surface area contributed by atoms with Gasteiger partial charge in [-0.05, 0) is 92.7 Å². The molecule has 0 amide bonds. The van der Waals surface area contributed by atoms with Crippen LogP contribution in [0.4, 0.5) is 0 Å². The lowest BCUT2D eigenvalue weighted by Gasteiger charge is -2.15. The molecule has 0 aliphatic rings. The largest absolute Gasteiger partial charge is 0.319 e. The van der Waals surface area contributed by atoms with Crippen LogP contribution in [0, 0.1) is 0 Å². The molecule has 46 heavy (non-hydrogen) atoms. The quantitative estimate of drug-likeness (QED) is 0.171. The van der Waals surface area contributed by atoms with E-state index in [0.717, 1.165) is 21.7 Å². The van der Waals surface area contributed by atoms with Crippen molar-refractivity contribution < 1.29 is 9.13 Å². The molecule has 4 heteroatoms. The summed E-state index contributed by atoms with van der Waals surface area (Å²) in [6, 6.07) is 51.2. The van der Waals surface area contributed by atoms with Crippen molar-refractivity contribution in [1.82, 2.24) is 0 Å². The second-order valence-electron chi connectivity index (χ2n) is 12.8. The summed E-state index contributed by atoms with van der Waals surface area (Å²) in [6.45, 7) is 7.25. The Hall–Kier alpha value is -4.48. The van der Waals surface area contributed by atoms with Gasteiger partial charge in [0.1, 0.15) is 14.3 Å². The molecule has 7 aromatic carbocycles. The zero-order valence-electron chi connectivity index (χ0n) is 26.6. The van der Waals surface area contributed by atoms with Crippen molar-refractivity contribution in [3.8, 4) is 44.5 Å². The van der Waals surface area contributed by atoms with Crippen LogP contribution in [-0.4, -0.2) is 26.7 Å². The summed E-state index contributed by atoms with van der Waals surface area (Å²) in [6.07, 6.45) is 0. The first-order valence-electron chi connectivity index (χ1n) is 15.5. The average Bonchev–Trinajstić information content (AvgIpc) is 3.07. The zero-order valence-corrected chi connectivity index (χ0v) is 28.4. The summed E-state index contributed by atoms with van der Waals surface area (Å²) < 4.78 is 25.1. The first-order chi connectivity index (χ1) is 22.1. The predicted octanol–water partition coefficient (Wildman–Crippen LogP) is 11.2. The molecule has 7 rings (SSSR count). The molecule has 0 N–H and O–H groups in total. The fourth-order valence-electron chi connectivity index (χ4n) is 6.43. The maximum Gasteiger partial charge on any atom is 0.109 e. The van der Waals surface area contributed by atoms with Gasteiger partial charge in [-0.1, -0.05) is 146 Å². The smallest absolute Gasteiger partial charge is 0.109 e. The molecular formula is C42H36O2P2. The van der Waals surface area contributed by atoms with Gasteiger partial charge in [0.2, 0.25) is 0 Å². The van der Waals surface area contributed by atoms with Crippen LogP contribution in [0.15, 0.2) is 146 Å². The van der Waals surface area contributed by atoms with E-state index in [4.69, 9.17) is 0 Å². The molecule has 0 unspecified atom stereocenters. The summed E-state index contributed by atoms with van der Waals surface area (Å²) in [7, 11) is -4.60. The van der Waals surface area contributed by atoms with Crippen molar-refractivity contribution in [3.05, 3.63) is 146 Å². The molecule has 0 heterocycles. The minimum atomic E-state index is -2.30. The molecule has 0 fully saturated rings. The van der Waals surface area contributed by atoms with Crippen LogP contribution in [0.25, 0.3) is 66.1 Å². The zero-order chi connectivity index (χ0) is 32.1. The Morgan fingerprint density at radius 2 is 0.522 bits per heavy atom. The van der Waals surface area contributed by atoms with Gasteiger partial charge in [-0.2, -0.15) is 0 Å². The van der Waals surface area contributed by atoms with E-state index >= 15 is 0 Å². The Morgan fingerprint density at radius 3 is 0.739 bits per heavy atom. The SMILES string of the molecule is CP(C)(=O)c1ccc(-c2ccc(-c3ccc(-c4ccc(-c5ccc(P(C)(C)=O)cc5)c5ccccc45)cc3)c3ccccc23)cc1. The molecule has 0 atom stereocenters. The number of fused-ring (bicyclic) bond motifs is 2. The highest BCUT2D eigenvalue weighted by Gasteiger charge is 2.15. The molecule has 0 spiro atoms. The first-order valence-corrected chi connectivity index (χ1v) is 20.7. The van der Waals surface area contributed by atoms with E-state index in [1.807, 2.05) is 50.9 Å². The van der Waals surface area contributed by atoms with Crippen LogP contribution >= 0.6 is 14.3 Å². The molecule has 0 saturated carbocycles. The lowest BCUT2D eigenvalue weighted by atomic mass is 9.90. The van der Waals surface area contributed by atoms with Crippen molar-refractivity contribution in [1.29, 1.82) is 0 Å². The monoisotopic (exact) mass is 634 g/mol. The van der Waals surface area contributed by atoms with Gasteiger partial charge in [-0.3, -0.25) is 0 Å². The van der Waals surface area contributed by atoms with E-state index in [2.05, 4.69) is 121 Å². The van der Waals surface area contributed by atoms with E-state index in [0.29, 0.717) is 0 Å². The Bertz CT molecular complexity index is 2160. The highest BCUT2D eigenvalue weighted by molar-refractivity contribution is 7.70. The Labute approximate surface area is 271 Å². The molecule has 0 bridgehead atoms. The normalized spacial score (nSPS) is 12.1. The lowest BCUT2D eigenvalue weighted by Crippen LogP contribution is -2.01. The van der Waals surface area contributed by atoms with Crippen LogP contribution in [-0.2, 0) is 9.13 Å². The van der Waals surface area contributed by atoms with Gasteiger partial charge in [0.05, 0.1) is 0 Å². The Kier molecular flexibility index (Phi) is 7.68. The maximum absolute atomic E-state index is 12.6. The molecule has 0 aromatic heterocycles. The first kappa shape index (κ1) is 30.2. The number of hydrogen-bond acceptors (Lipinski definition) is 2. The number of hydrogen-bond donors (Lipinski definition) is 0. The standard InChI is InChI=1S/C42H36O2P2/c1-45(2,43)33-21-17-31(18-22-33)37-27-25-35(39-9-5-7-11-41(37)39)29-13-15-30(16-14-29)36-26-28-38(42-12-8-6-10-40(36)42)32-19-23-34(24-20-32)46(3,4)44/h5-28H,1-4H3. The van der Waals surface area contributed by atoms with Crippen LogP contribution in [0.3, 0.4) is 0 Å². The molecule has 0 radical (unpaired) electrons. The van der Waals surface area contributed by atoms with Gasteiger partial charge in [-0.25, -0.2) is 0 Å².